The molecule has 0 bridgehead atoms. The summed E-state index contributed by atoms with van der Waals surface area (Å²) in [5.41, 5.74) is 6.40. The van der Waals surface area contributed by atoms with Crippen molar-refractivity contribution >= 4 is 9.84 Å². The third-order valence-electron chi connectivity index (χ3n) is 2.19. The monoisotopic (exact) mass is 259 g/mol. The summed E-state index contributed by atoms with van der Waals surface area (Å²) in [6.45, 7) is 2.21. The second kappa shape index (κ2) is 5.37. The summed E-state index contributed by atoms with van der Waals surface area (Å²) in [4.78, 5) is 0. The zero-order chi connectivity index (χ0) is 13.1. The molecule has 17 heavy (non-hydrogen) atoms. The van der Waals surface area contributed by atoms with E-state index >= 15 is 0 Å². The number of benzene rings is 1. The van der Waals surface area contributed by atoms with E-state index in [2.05, 4.69) is 0 Å². The average Bonchev–Trinajstić information content (AvgIpc) is 2.19. The maximum absolute atomic E-state index is 11.1. The zero-order valence-corrected chi connectivity index (χ0v) is 10.7. The Hall–Kier alpha value is -1.27. The molecule has 0 saturated carbocycles. The normalized spacial score (nSPS) is 13.4. The molecule has 0 fully saturated rings. The van der Waals surface area contributed by atoms with Crippen molar-refractivity contribution in [1.82, 2.24) is 0 Å². The smallest absolute Gasteiger partial charge is 0.161 e. The molecule has 5 nitrogen and oxygen atoms in total. The first kappa shape index (κ1) is 13.8. The predicted molar refractivity (Wildman–Crippen MR) is 65.9 cm³/mol. The van der Waals surface area contributed by atoms with Crippen molar-refractivity contribution in [2.24, 2.45) is 5.73 Å². The van der Waals surface area contributed by atoms with E-state index in [0.717, 1.165) is 6.26 Å². The molecule has 0 unspecified atom stereocenters. The number of rotatable bonds is 5. The molecule has 3 N–H and O–H groups in total. The van der Waals surface area contributed by atoms with Crippen LogP contribution in [0.15, 0.2) is 18.2 Å². The topological polar surface area (TPSA) is 89.6 Å². The minimum absolute atomic E-state index is 0.0159. The quantitative estimate of drug-likeness (QED) is 0.817. The van der Waals surface area contributed by atoms with E-state index in [1.54, 1.807) is 19.1 Å². The minimum Gasteiger partial charge on any atom is -0.504 e. The molecule has 1 atom stereocenters. The average molecular weight is 259 g/mol. The van der Waals surface area contributed by atoms with Crippen LogP contribution in [0.3, 0.4) is 0 Å². The van der Waals surface area contributed by atoms with Gasteiger partial charge in [-0.15, -0.1) is 0 Å². The number of hydrogen-bond donors (Lipinski definition) is 2. The van der Waals surface area contributed by atoms with Gasteiger partial charge in [-0.3, -0.25) is 0 Å². The molecule has 0 spiro atoms. The summed E-state index contributed by atoms with van der Waals surface area (Å²) in [6, 6.07) is 3.98. The highest BCUT2D eigenvalue weighted by Crippen LogP contribution is 2.29. The van der Waals surface area contributed by atoms with Gasteiger partial charge in [0.1, 0.15) is 9.84 Å². The lowest BCUT2D eigenvalue weighted by Gasteiger charge is -2.13. The Bertz CT molecular complexity index is 484. The number of phenolic OH excluding ortho intramolecular Hbond substituents is 1. The van der Waals surface area contributed by atoms with Crippen LogP contribution in [0.4, 0.5) is 0 Å². The maximum atomic E-state index is 11.1. The SMILES string of the molecule is CCOc1cc([C@@H](N)CS(C)(=O)=O)ccc1O. The van der Waals surface area contributed by atoms with Crippen LogP contribution in [0.1, 0.15) is 18.5 Å². The highest BCUT2D eigenvalue weighted by Gasteiger charge is 2.15. The van der Waals surface area contributed by atoms with Gasteiger partial charge >= 0.3 is 0 Å². The van der Waals surface area contributed by atoms with Crippen LogP contribution in [-0.2, 0) is 9.84 Å². The van der Waals surface area contributed by atoms with E-state index in [4.69, 9.17) is 10.5 Å². The molecule has 0 radical (unpaired) electrons. The number of nitrogens with two attached hydrogens (primary N) is 1. The maximum Gasteiger partial charge on any atom is 0.161 e. The van der Waals surface area contributed by atoms with Crippen LogP contribution in [0, 0.1) is 0 Å². The fourth-order valence-corrected chi connectivity index (χ4v) is 2.30. The van der Waals surface area contributed by atoms with Gasteiger partial charge in [0.2, 0.25) is 0 Å². The van der Waals surface area contributed by atoms with Crippen LogP contribution in [0.25, 0.3) is 0 Å². The van der Waals surface area contributed by atoms with E-state index in [0.29, 0.717) is 17.9 Å². The van der Waals surface area contributed by atoms with Gasteiger partial charge in [0.15, 0.2) is 11.5 Å². The first-order valence-electron chi connectivity index (χ1n) is 5.22. The number of sulfone groups is 1. The lowest BCUT2D eigenvalue weighted by atomic mass is 10.1. The van der Waals surface area contributed by atoms with Crippen LogP contribution in [0.5, 0.6) is 11.5 Å². The predicted octanol–water partition coefficient (Wildman–Crippen LogP) is 0.835. The Morgan fingerprint density at radius 2 is 2.12 bits per heavy atom. The molecule has 1 aromatic carbocycles. The third-order valence-corrected chi connectivity index (χ3v) is 3.16. The Morgan fingerprint density at radius 1 is 1.47 bits per heavy atom. The highest BCUT2D eigenvalue weighted by atomic mass is 32.2. The van der Waals surface area contributed by atoms with Crippen LogP contribution in [-0.4, -0.2) is 32.1 Å². The van der Waals surface area contributed by atoms with Gasteiger partial charge in [-0.05, 0) is 24.6 Å². The molecule has 0 heterocycles. The van der Waals surface area contributed by atoms with Crippen molar-refractivity contribution in [3.8, 4) is 11.5 Å². The molecular formula is C11H17NO4S. The number of ether oxygens (including phenoxy) is 1. The second-order valence-electron chi connectivity index (χ2n) is 3.86. The van der Waals surface area contributed by atoms with Crippen molar-refractivity contribution in [3.63, 3.8) is 0 Å². The van der Waals surface area contributed by atoms with Crippen molar-refractivity contribution in [2.45, 2.75) is 13.0 Å². The van der Waals surface area contributed by atoms with Crippen molar-refractivity contribution in [3.05, 3.63) is 23.8 Å². The van der Waals surface area contributed by atoms with Gasteiger partial charge in [-0.1, -0.05) is 6.07 Å². The summed E-state index contributed by atoms with van der Waals surface area (Å²) in [7, 11) is -3.14. The van der Waals surface area contributed by atoms with Gasteiger partial charge in [0, 0.05) is 12.3 Å². The van der Waals surface area contributed by atoms with Gasteiger partial charge < -0.3 is 15.6 Å². The van der Waals surface area contributed by atoms with E-state index in [1.807, 2.05) is 0 Å². The summed E-state index contributed by atoms with van der Waals surface area (Å²) in [6.07, 6.45) is 1.14. The van der Waals surface area contributed by atoms with Gasteiger partial charge in [0.05, 0.1) is 12.4 Å². The van der Waals surface area contributed by atoms with Crippen LogP contribution in [0.2, 0.25) is 0 Å². The minimum atomic E-state index is -3.14. The van der Waals surface area contributed by atoms with E-state index in [9.17, 15) is 13.5 Å². The van der Waals surface area contributed by atoms with Crippen molar-refractivity contribution < 1.29 is 18.3 Å². The molecule has 1 aromatic rings. The number of aromatic hydroxyl groups is 1. The highest BCUT2D eigenvalue weighted by molar-refractivity contribution is 7.90. The van der Waals surface area contributed by atoms with E-state index in [-0.39, 0.29) is 11.5 Å². The number of phenols is 1. The van der Waals surface area contributed by atoms with Crippen LogP contribution >= 0.6 is 0 Å². The second-order valence-corrected chi connectivity index (χ2v) is 6.04. The molecule has 0 aliphatic carbocycles. The Balaban J connectivity index is 2.95. The molecule has 1 rings (SSSR count). The molecule has 0 saturated heterocycles. The Labute approximate surface area is 101 Å². The molecule has 0 aliphatic heterocycles. The van der Waals surface area contributed by atoms with Gasteiger partial charge in [0.25, 0.3) is 0 Å². The Morgan fingerprint density at radius 3 is 2.65 bits per heavy atom. The summed E-state index contributed by atoms with van der Waals surface area (Å²) >= 11 is 0. The first-order chi connectivity index (χ1) is 7.83. The molecule has 0 amide bonds. The van der Waals surface area contributed by atoms with E-state index < -0.39 is 15.9 Å². The summed E-state index contributed by atoms with van der Waals surface area (Å²) in [5.74, 6) is 0.194. The van der Waals surface area contributed by atoms with Gasteiger partial charge in [-0.2, -0.15) is 0 Å². The molecule has 96 valence electrons. The largest absolute Gasteiger partial charge is 0.504 e. The lowest BCUT2D eigenvalue weighted by molar-refractivity contribution is 0.317. The summed E-state index contributed by atoms with van der Waals surface area (Å²) in [5, 5.41) is 9.50. The third kappa shape index (κ3) is 4.24. The van der Waals surface area contributed by atoms with Crippen molar-refractivity contribution in [1.29, 1.82) is 0 Å². The lowest BCUT2D eigenvalue weighted by Crippen LogP contribution is -2.20. The molecule has 6 heteroatoms. The number of hydrogen-bond acceptors (Lipinski definition) is 5. The summed E-state index contributed by atoms with van der Waals surface area (Å²) < 4.78 is 27.5. The first-order valence-corrected chi connectivity index (χ1v) is 7.28. The fourth-order valence-electron chi connectivity index (χ4n) is 1.45. The van der Waals surface area contributed by atoms with Gasteiger partial charge in [-0.25, -0.2) is 8.42 Å². The Kier molecular flexibility index (Phi) is 4.36. The molecular weight excluding hydrogens is 242 g/mol. The van der Waals surface area contributed by atoms with Crippen LogP contribution < -0.4 is 10.5 Å². The molecule has 0 aliphatic rings. The van der Waals surface area contributed by atoms with E-state index in [1.165, 1.54) is 6.07 Å². The zero-order valence-electron chi connectivity index (χ0n) is 9.88. The molecule has 0 aromatic heterocycles. The van der Waals surface area contributed by atoms with Crippen molar-refractivity contribution in [2.75, 3.05) is 18.6 Å². The standard InChI is InChI=1S/C11H17NO4S/c1-3-16-11-6-8(4-5-10(11)13)9(12)7-17(2,14)15/h4-6,9,13H,3,7,12H2,1-2H3/t9-/m0/s1. The fraction of sp³-hybridized carbons (Fsp3) is 0.455.